The molecule has 40 heavy (non-hydrogen) atoms. The number of nitrogens with two attached hydrogens (primary N) is 1. The fourth-order valence-electron chi connectivity index (χ4n) is 7.81. The van der Waals surface area contributed by atoms with E-state index in [-0.39, 0.29) is 24.2 Å². The van der Waals surface area contributed by atoms with Crippen LogP contribution in [0.3, 0.4) is 0 Å². The molecule has 216 valence electrons. The summed E-state index contributed by atoms with van der Waals surface area (Å²) in [5.41, 5.74) is 3.65. The van der Waals surface area contributed by atoms with Gasteiger partial charge >= 0.3 is 0 Å². The van der Waals surface area contributed by atoms with Gasteiger partial charge in [0, 0.05) is 29.6 Å². The molecule has 0 bridgehead atoms. The molecule has 0 aromatic heterocycles. The molecule has 1 aliphatic heterocycles. The Labute approximate surface area is 237 Å². The first-order valence-corrected chi connectivity index (χ1v) is 14.2. The number of phenols is 1. The highest BCUT2D eigenvalue weighted by Gasteiger charge is 2.69. The van der Waals surface area contributed by atoms with E-state index < -0.39 is 64.4 Å². The molecular formula is C29H36ClN3O7. The number of carbonyl (C=O) groups excluding carboxylic acids is 5. The summed E-state index contributed by atoms with van der Waals surface area (Å²) < 4.78 is 0. The van der Waals surface area contributed by atoms with Gasteiger partial charge in [-0.25, -0.2) is 0 Å². The van der Waals surface area contributed by atoms with E-state index in [1.54, 1.807) is 14.1 Å². The van der Waals surface area contributed by atoms with E-state index in [0.717, 1.165) is 19.3 Å². The Morgan fingerprint density at radius 3 is 2.35 bits per heavy atom. The van der Waals surface area contributed by atoms with Gasteiger partial charge in [-0.2, -0.15) is 0 Å². The molecule has 2 saturated carbocycles. The third-order valence-electron chi connectivity index (χ3n) is 9.80. The number of aromatic hydroxyl groups is 1. The van der Waals surface area contributed by atoms with Crippen LogP contribution in [0.25, 0.3) is 0 Å². The van der Waals surface area contributed by atoms with Crippen LogP contribution in [0.5, 0.6) is 5.75 Å². The Bertz CT molecular complexity index is 1320. The summed E-state index contributed by atoms with van der Waals surface area (Å²) in [5, 5.41) is 23.0. The standard InChI is InChI=1S/C29H36ClN3O7/c1-12-6-5-7-13(2)33(12)11-15-10-18(34)20-16(22(15)30)8-14-9-17-23(32(3)4)25(36)21(28(31)39)27(38)29(17,40)26(37)19(14)24(20)35/h10,12-14,17,19,21,23,34,40H,5-9,11H2,1-4H3,(H2,31,39)/t12-,13+,14-,17-,19?,21?,23-,29-/m0/s1. The van der Waals surface area contributed by atoms with Crippen LogP contribution in [-0.4, -0.2) is 86.9 Å². The average molecular weight is 574 g/mol. The molecule has 1 aromatic rings. The second kappa shape index (κ2) is 10.0. The summed E-state index contributed by atoms with van der Waals surface area (Å²) >= 11 is 6.90. The number of likely N-dealkylation sites (tertiary alicyclic amines) is 1. The lowest BCUT2D eigenvalue weighted by atomic mass is 9.52. The van der Waals surface area contributed by atoms with Gasteiger partial charge in [0.2, 0.25) is 5.91 Å². The van der Waals surface area contributed by atoms with E-state index in [1.165, 1.54) is 11.0 Å². The summed E-state index contributed by atoms with van der Waals surface area (Å²) in [4.78, 5) is 70.2. The van der Waals surface area contributed by atoms with Crippen LogP contribution >= 0.6 is 11.6 Å². The number of phenolic OH excluding ortho intramolecular Hbond substituents is 1. The van der Waals surface area contributed by atoms with Gasteiger partial charge in [-0.05, 0) is 76.7 Å². The zero-order chi connectivity index (χ0) is 29.4. The van der Waals surface area contributed by atoms with E-state index in [2.05, 4.69) is 18.7 Å². The van der Waals surface area contributed by atoms with Crippen LogP contribution in [0.4, 0.5) is 0 Å². The molecule has 1 amide bonds. The number of carbonyl (C=O) groups is 5. The van der Waals surface area contributed by atoms with Gasteiger partial charge in [-0.1, -0.05) is 18.0 Å². The van der Waals surface area contributed by atoms with Crippen molar-refractivity contribution in [2.24, 2.45) is 29.4 Å². The van der Waals surface area contributed by atoms with Crippen molar-refractivity contribution in [1.82, 2.24) is 9.80 Å². The number of fused-ring (bicyclic) bond motifs is 3. The second-order valence-corrected chi connectivity index (χ2v) is 12.7. The number of Topliss-reactive ketones (excluding diaryl/α,β-unsaturated/α-hetero) is 4. The molecule has 1 aromatic carbocycles. The van der Waals surface area contributed by atoms with Crippen LogP contribution in [0.1, 0.15) is 61.0 Å². The molecule has 10 nitrogen and oxygen atoms in total. The quantitative estimate of drug-likeness (QED) is 0.451. The number of nitrogens with zero attached hydrogens (tertiary/aromatic N) is 2. The van der Waals surface area contributed by atoms with Crippen LogP contribution in [-0.2, 0) is 32.1 Å². The number of likely N-dealkylation sites (N-methyl/N-ethyl adjacent to an activating group) is 1. The highest BCUT2D eigenvalue weighted by atomic mass is 35.5. The van der Waals surface area contributed by atoms with Gasteiger partial charge in [0.1, 0.15) is 5.75 Å². The Balaban J connectivity index is 1.57. The zero-order valence-electron chi connectivity index (χ0n) is 23.1. The maximum absolute atomic E-state index is 13.9. The van der Waals surface area contributed by atoms with Crippen LogP contribution in [0.2, 0.25) is 5.02 Å². The van der Waals surface area contributed by atoms with E-state index in [4.69, 9.17) is 17.3 Å². The molecule has 3 aliphatic carbocycles. The first-order valence-electron chi connectivity index (χ1n) is 13.8. The lowest BCUT2D eigenvalue weighted by molar-refractivity contribution is -0.181. The van der Waals surface area contributed by atoms with Crippen molar-refractivity contribution in [3.63, 3.8) is 0 Å². The minimum atomic E-state index is -2.74. The van der Waals surface area contributed by atoms with Crippen molar-refractivity contribution in [1.29, 1.82) is 0 Å². The molecular weight excluding hydrogens is 538 g/mol. The van der Waals surface area contributed by atoms with Crippen molar-refractivity contribution in [3.8, 4) is 5.75 Å². The number of aliphatic hydroxyl groups is 1. The summed E-state index contributed by atoms with van der Waals surface area (Å²) in [6, 6.07) is 0.977. The first-order chi connectivity index (χ1) is 18.7. The minimum absolute atomic E-state index is 0.00853. The number of primary amides is 1. The predicted octanol–water partition coefficient (Wildman–Crippen LogP) is 1.28. The third-order valence-corrected chi connectivity index (χ3v) is 10.3. The molecule has 4 aliphatic rings. The lowest BCUT2D eigenvalue weighted by Crippen LogP contribution is -2.74. The topological polar surface area (TPSA) is 158 Å². The predicted molar refractivity (Wildman–Crippen MR) is 145 cm³/mol. The average Bonchev–Trinajstić information content (AvgIpc) is 2.86. The van der Waals surface area contributed by atoms with Gasteiger partial charge in [0.25, 0.3) is 0 Å². The summed E-state index contributed by atoms with van der Waals surface area (Å²) in [6.07, 6.45) is 3.38. The van der Waals surface area contributed by atoms with Crippen LogP contribution < -0.4 is 5.73 Å². The first kappa shape index (κ1) is 28.9. The Morgan fingerprint density at radius 2 is 1.77 bits per heavy atom. The smallest absolute Gasteiger partial charge is 0.235 e. The molecule has 4 N–H and O–H groups in total. The van der Waals surface area contributed by atoms with Crippen molar-refractivity contribution in [3.05, 3.63) is 27.8 Å². The monoisotopic (exact) mass is 573 g/mol. The van der Waals surface area contributed by atoms with Crippen molar-refractivity contribution < 1.29 is 34.2 Å². The maximum atomic E-state index is 13.9. The molecule has 3 fully saturated rings. The summed E-state index contributed by atoms with van der Waals surface area (Å²) in [5.74, 6) is -10.7. The number of rotatable bonds is 4. The minimum Gasteiger partial charge on any atom is -0.507 e. The van der Waals surface area contributed by atoms with Crippen molar-refractivity contribution >= 4 is 40.6 Å². The fraction of sp³-hybridized carbons (Fsp3) is 0.621. The summed E-state index contributed by atoms with van der Waals surface area (Å²) in [6.45, 7) is 4.80. The zero-order valence-corrected chi connectivity index (χ0v) is 23.9. The van der Waals surface area contributed by atoms with Crippen LogP contribution in [0, 0.1) is 23.7 Å². The lowest BCUT2D eigenvalue weighted by Gasteiger charge is -2.52. The molecule has 1 heterocycles. The van der Waals surface area contributed by atoms with Gasteiger partial charge in [-0.15, -0.1) is 0 Å². The van der Waals surface area contributed by atoms with E-state index in [9.17, 15) is 34.2 Å². The molecule has 11 heteroatoms. The molecule has 1 saturated heterocycles. The van der Waals surface area contributed by atoms with Crippen LogP contribution in [0.15, 0.2) is 6.07 Å². The highest BCUT2D eigenvalue weighted by molar-refractivity contribution is 6.34. The van der Waals surface area contributed by atoms with Gasteiger partial charge in [-0.3, -0.25) is 33.8 Å². The normalized spacial score (nSPS) is 36.3. The third kappa shape index (κ3) is 4.06. The molecule has 8 atom stereocenters. The molecule has 5 rings (SSSR count). The van der Waals surface area contributed by atoms with Gasteiger partial charge in [0.05, 0.1) is 17.5 Å². The fourth-order valence-corrected chi connectivity index (χ4v) is 8.09. The van der Waals surface area contributed by atoms with Crippen molar-refractivity contribution in [2.45, 2.75) is 76.2 Å². The Kier molecular flexibility index (Phi) is 7.22. The molecule has 2 unspecified atom stereocenters. The number of hydrogen-bond donors (Lipinski definition) is 3. The molecule has 0 radical (unpaired) electrons. The van der Waals surface area contributed by atoms with Crippen molar-refractivity contribution in [2.75, 3.05) is 14.1 Å². The maximum Gasteiger partial charge on any atom is 0.235 e. The number of benzene rings is 1. The largest absolute Gasteiger partial charge is 0.507 e. The number of halogens is 1. The Hall–Kier alpha value is -2.66. The van der Waals surface area contributed by atoms with E-state index in [0.29, 0.717) is 34.8 Å². The SMILES string of the molecule is C[C@@H]1CCC[C@H](C)N1Cc1cc(O)c2c(c1Cl)C[C@H]1C[C@H]3[C@H](N(C)C)C(=O)C(C(N)=O)C(=O)[C@@]3(O)C(=O)C1C2=O. The van der Waals surface area contributed by atoms with Gasteiger partial charge in [0.15, 0.2) is 34.7 Å². The number of piperidine rings is 1. The Morgan fingerprint density at radius 1 is 1.15 bits per heavy atom. The number of ketones is 4. The number of hydrogen-bond acceptors (Lipinski definition) is 9. The van der Waals surface area contributed by atoms with E-state index in [1.807, 2.05) is 0 Å². The van der Waals surface area contributed by atoms with Gasteiger partial charge < -0.3 is 15.9 Å². The number of amides is 1. The summed E-state index contributed by atoms with van der Waals surface area (Å²) in [7, 11) is 3.11. The molecule has 0 spiro atoms. The highest BCUT2D eigenvalue weighted by Crippen LogP contribution is 2.52. The second-order valence-electron chi connectivity index (χ2n) is 12.3. The van der Waals surface area contributed by atoms with E-state index >= 15 is 0 Å².